The normalized spacial score (nSPS) is 13.3. The summed E-state index contributed by atoms with van der Waals surface area (Å²) in [6.45, 7) is 5.69. The lowest BCUT2D eigenvalue weighted by molar-refractivity contribution is 1.05. The van der Waals surface area contributed by atoms with Crippen LogP contribution in [0.25, 0.3) is 0 Å². The lowest BCUT2D eigenvalue weighted by Crippen LogP contribution is -2.15. The monoisotopic (exact) mass is 174 g/mol. The highest BCUT2D eigenvalue weighted by Gasteiger charge is 2.11. The molecule has 0 heterocycles. The van der Waals surface area contributed by atoms with E-state index < -0.39 is 6.04 Å². The molecule has 13 heavy (non-hydrogen) atoms. The van der Waals surface area contributed by atoms with Crippen molar-refractivity contribution in [1.29, 1.82) is 10.5 Å². The van der Waals surface area contributed by atoms with Crippen LogP contribution in [-0.4, -0.2) is 24.5 Å². The minimum Gasteiger partial charge on any atom is -0.276 e. The average molecular weight is 174 g/mol. The summed E-state index contributed by atoms with van der Waals surface area (Å²) >= 11 is 0. The molecule has 0 fully saturated rings. The van der Waals surface area contributed by atoms with Crippen LogP contribution in [0.2, 0.25) is 0 Å². The molecular formula is C9H10N4. The standard InChI is InChI=1S/C9H10N4/c1-3-5-13-9(7-11)8(6-10)12-4-2/h3,5,9H,1,4H2,2H3. The summed E-state index contributed by atoms with van der Waals surface area (Å²) in [4.78, 5) is 7.64. The zero-order valence-corrected chi connectivity index (χ0v) is 7.44. The second-order valence-electron chi connectivity index (χ2n) is 2.04. The van der Waals surface area contributed by atoms with Crippen LogP contribution in [0.15, 0.2) is 22.6 Å². The third kappa shape index (κ3) is 3.83. The van der Waals surface area contributed by atoms with Crippen LogP contribution in [-0.2, 0) is 0 Å². The summed E-state index contributed by atoms with van der Waals surface area (Å²) in [5, 5.41) is 17.3. The molecule has 0 radical (unpaired) electrons. The summed E-state index contributed by atoms with van der Waals surface area (Å²) in [6.07, 6.45) is 2.84. The van der Waals surface area contributed by atoms with Gasteiger partial charge in [-0.15, -0.1) is 0 Å². The van der Waals surface area contributed by atoms with Gasteiger partial charge in [0, 0.05) is 12.8 Å². The number of hydrogen-bond acceptors (Lipinski definition) is 4. The van der Waals surface area contributed by atoms with Gasteiger partial charge in [-0.25, -0.2) is 0 Å². The number of nitrogens with zero attached hydrogens (tertiary/aromatic N) is 4. The highest BCUT2D eigenvalue weighted by atomic mass is 14.8. The van der Waals surface area contributed by atoms with Crippen molar-refractivity contribution in [3.05, 3.63) is 12.7 Å². The van der Waals surface area contributed by atoms with Crippen molar-refractivity contribution in [2.24, 2.45) is 9.98 Å². The van der Waals surface area contributed by atoms with Crippen molar-refractivity contribution in [3.63, 3.8) is 0 Å². The van der Waals surface area contributed by atoms with E-state index in [1.807, 2.05) is 12.1 Å². The smallest absolute Gasteiger partial charge is 0.187 e. The Bertz CT molecular complexity index is 301. The molecule has 0 amide bonds. The molecule has 0 aromatic carbocycles. The Morgan fingerprint density at radius 3 is 2.69 bits per heavy atom. The van der Waals surface area contributed by atoms with Gasteiger partial charge in [0.25, 0.3) is 0 Å². The van der Waals surface area contributed by atoms with E-state index in [9.17, 15) is 0 Å². The summed E-state index contributed by atoms with van der Waals surface area (Å²) in [5.74, 6) is 0. The highest BCUT2D eigenvalue weighted by Crippen LogP contribution is 1.93. The fraction of sp³-hybridized carbons (Fsp3) is 0.333. The molecular weight excluding hydrogens is 164 g/mol. The van der Waals surface area contributed by atoms with Gasteiger partial charge in [0.1, 0.15) is 6.07 Å². The van der Waals surface area contributed by atoms with Gasteiger partial charge in [0.2, 0.25) is 0 Å². The average Bonchev–Trinajstić information content (AvgIpc) is 2.17. The molecule has 0 aliphatic rings. The zero-order chi connectivity index (χ0) is 10.1. The summed E-state index contributed by atoms with van der Waals surface area (Å²) in [7, 11) is 0. The second-order valence-corrected chi connectivity index (χ2v) is 2.04. The molecule has 4 nitrogen and oxygen atoms in total. The van der Waals surface area contributed by atoms with Crippen LogP contribution in [0.3, 0.4) is 0 Å². The molecule has 0 N–H and O–H groups in total. The molecule has 0 aromatic heterocycles. The van der Waals surface area contributed by atoms with E-state index in [2.05, 4.69) is 16.6 Å². The fourth-order valence-corrected chi connectivity index (χ4v) is 0.665. The topological polar surface area (TPSA) is 72.3 Å². The van der Waals surface area contributed by atoms with E-state index in [0.29, 0.717) is 6.54 Å². The lowest BCUT2D eigenvalue weighted by Gasteiger charge is -1.98. The van der Waals surface area contributed by atoms with E-state index >= 15 is 0 Å². The molecule has 0 rings (SSSR count). The van der Waals surface area contributed by atoms with Crippen LogP contribution in [0, 0.1) is 22.7 Å². The molecule has 1 unspecified atom stereocenters. The van der Waals surface area contributed by atoms with E-state index in [4.69, 9.17) is 10.5 Å². The molecule has 0 saturated carbocycles. The minimum atomic E-state index is -0.803. The number of allylic oxidation sites excluding steroid dienone is 1. The summed E-state index contributed by atoms with van der Waals surface area (Å²) in [6, 6.07) is 2.91. The summed E-state index contributed by atoms with van der Waals surface area (Å²) < 4.78 is 0. The van der Waals surface area contributed by atoms with Gasteiger partial charge < -0.3 is 0 Å². The third-order valence-electron chi connectivity index (χ3n) is 1.16. The highest BCUT2D eigenvalue weighted by molar-refractivity contribution is 6.05. The molecule has 0 aliphatic carbocycles. The van der Waals surface area contributed by atoms with Crippen molar-refractivity contribution in [2.75, 3.05) is 6.54 Å². The minimum absolute atomic E-state index is 0.142. The number of rotatable bonds is 4. The van der Waals surface area contributed by atoms with Crippen LogP contribution >= 0.6 is 0 Å². The first-order chi connectivity index (χ1) is 6.29. The SMILES string of the molecule is C=CC=NC(C#N)C(C#N)=NCC. The first-order valence-corrected chi connectivity index (χ1v) is 3.78. The Hall–Kier alpha value is -1.94. The van der Waals surface area contributed by atoms with E-state index in [0.717, 1.165) is 0 Å². The van der Waals surface area contributed by atoms with Crippen LogP contribution in [0.5, 0.6) is 0 Å². The predicted molar refractivity (Wildman–Crippen MR) is 51.7 cm³/mol. The molecule has 0 bridgehead atoms. The van der Waals surface area contributed by atoms with E-state index in [-0.39, 0.29) is 5.71 Å². The number of aliphatic imine (C=N–C) groups is 2. The van der Waals surface area contributed by atoms with Crippen molar-refractivity contribution >= 4 is 11.9 Å². The third-order valence-corrected chi connectivity index (χ3v) is 1.16. The van der Waals surface area contributed by atoms with Gasteiger partial charge in [0.15, 0.2) is 11.8 Å². The van der Waals surface area contributed by atoms with Crippen molar-refractivity contribution < 1.29 is 0 Å². The Morgan fingerprint density at radius 2 is 2.31 bits per heavy atom. The van der Waals surface area contributed by atoms with Crippen LogP contribution < -0.4 is 0 Å². The molecule has 0 aromatic rings. The van der Waals surface area contributed by atoms with Gasteiger partial charge in [0.05, 0.1) is 6.07 Å². The van der Waals surface area contributed by atoms with Gasteiger partial charge in [-0.1, -0.05) is 12.7 Å². The summed E-state index contributed by atoms with van der Waals surface area (Å²) in [5.41, 5.74) is 0.142. The van der Waals surface area contributed by atoms with E-state index in [1.165, 1.54) is 12.3 Å². The quantitative estimate of drug-likeness (QED) is 0.599. The zero-order valence-electron chi connectivity index (χ0n) is 7.44. The molecule has 1 atom stereocenters. The van der Waals surface area contributed by atoms with Crippen molar-refractivity contribution in [1.82, 2.24) is 0 Å². The van der Waals surface area contributed by atoms with Gasteiger partial charge in [-0.05, 0) is 6.92 Å². The van der Waals surface area contributed by atoms with Crippen LogP contribution in [0.4, 0.5) is 0 Å². The van der Waals surface area contributed by atoms with Crippen molar-refractivity contribution in [3.8, 4) is 12.1 Å². The van der Waals surface area contributed by atoms with Gasteiger partial charge >= 0.3 is 0 Å². The Kier molecular flexibility index (Phi) is 5.74. The maximum Gasteiger partial charge on any atom is 0.187 e. The van der Waals surface area contributed by atoms with E-state index in [1.54, 1.807) is 6.92 Å². The first kappa shape index (κ1) is 11.1. The lowest BCUT2D eigenvalue weighted by atomic mass is 10.2. The Balaban J connectivity index is 4.68. The number of nitriles is 2. The molecule has 0 saturated heterocycles. The molecule has 66 valence electrons. The predicted octanol–water partition coefficient (Wildman–Crippen LogP) is 1.12. The van der Waals surface area contributed by atoms with Crippen LogP contribution in [0.1, 0.15) is 6.92 Å². The molecule has 4 heteroatoms. The Labute approximate surface area is 77.5 Å². The Morgan fingerprint density at radius 1 is 1.62 bits per heavy atom. The van der Waals surface area contributed by atoms with Crippen molar-refractivity contribution in [2.45, 2.75) is 13.0 Å². The van der Waals surface area contributed by atoms with Gasteiger partial charge in [-0.3, -0.25) is 9.98 Å². The first-order valence-electron chi connectivity index (χ1n) is 3.78. The number of hydrogen-bond donors (Lipinski definition) is 0. The maximum atomic E-state index is 8.65. The molecule has 0 spiro atoms. The molecule has 0 aliphatic heterocycles. The fourth-order valence-electron chi connectivity index (χ4n) is 0.665. The second kappa shape index (κ2) is 6.75. The van der Waals surface area contributed by atoms with Gasteiger partial charge in [-0.2, -0.15) is 10.5 Å². The maximum absolute atomic E-state index is 8.65. The largest absolute Gasteiger partial charge is 0.276 e.